The number of ether oxygens (including phenoxy) is 1. The van der Waals surface area contributed by atoms with E-state index in [1.54, 1.807) is 0 Å². The molecule has 1 N–H and O–H groups in total. The second-order valence-electron chi connectivity index (χ2n) is 8.65. The lowest BCUT2D eigenvalue weighted by Crippen LogP contribution is -2.25. The van der Waals surface area contributed by atoms with Crippen LogP contribution in [0.4, 0.5) is 50.9 Å². The molecule has 0 aliphatic carbocycles. The first-order valence-corrected chi connectivity index (χ1v) is 13.0. The fraction of sp³-hybridized carbons (Fsp3) is 0.240. The first kappa shape index (κ1) is 31.6. The predicted octanol–water partition coefficient (Wildman–Crippen LogP) is 6.97. The summed E-state index contributed by atoms with van der Waals surface area (Å²) < 4.78 is 149. The van der Waals surface area contributed by atoms with Crippen molar-refractivity contribution < 1.29 is 57.5 Å². The molecule has 0 fully saturated rings. The van der Waals surface area contributed by atoms with Crippen molar-refractivity contribution in [2.24, 2.45) is 0 Å². The molecule has 3 rings (SSSR count). The van der Waals surface area contributed by atoms with Gasteiger partial charge in [0, 0.05) is 24.4 Å². The van der Waals surface area contributed by atoms with Gasteiger partial charge in [-0.2, -0.15) is 39.5 Å². The van der Waals surface area contributed by atoms with E-state index in [0.29, 0.717) is 0 Å². The summed E-state index contributed by atoms with van der Waals surface area (Å²) in [6.45, 7) is -0.505. The Balaban J connectivity index is 1.98. The van der Waals surface area contributed by atoms with E-state index in [1.165, 1.54) is 6.07 Å². The quantitative estimate of drug-likeness (QED) is 0.292. The smallest absolute Gasteiger partial charge is 0.416 e. The van der Waals surface area contributed by atoms with Gasteiger partial charge in [0.05, 0.1) is 28.6 Å². The van der Waals surface area contributed by atoms with Gasteiger partial charge in [0.1, 0.15) is 12.4 Å². The minimum atomic E-state index is -5.20. The van der Waals surface area contributed by atoms with E-state index in [1.807, 2.05) is 0 Å². The third kappa shape index (κ3) is 8.05. The maximum absolute atomic E-state index is 13.2. The molecule has 1 amide bonds. The number of nitrogens with one attached hydrogen (secondary N) is 1. The highest BCUT2D eigenvalue weighted by Crippen LogP contribution is 2.37. The summed E-state index contributed by atoms with van der Waals surface area (Å²) in [5, 5.41) is 2.12. The van der Waals surface area contributed by atoms with E-state index >= 15 is 0 Å². The summed E-state index contributed by atoms with van der Waals surface area (Å²) in [6, 6.07) is 7.56. The highest BCUT2D eigenvalue weighted by atomic mass is 32.2. The summed E-state index contributed by atoms with van der Waals surface area (Å²) in [4.78, 5) is 12.7. The van der Waals surface area contributed by atoms with Crippen molar-refractivity contribution in [1.29, 1.82) is 0 Å². The summed E-state index contributed by atoms with van der Waals surface area (Å²) in [7, 11) is -2.77. The number of carbonyl (C=O) groups excluding carboxylic acids is 1. The van der Waals surface area contributed by atoms with Gasteiger partial charge in [0.2, 0.25) is 10.0 Å². The number of hydrogen-bond donors (Lipinski definition) is 1. The molecule has 3 aromatic carbocycles. The van der Waals surface area contributed by atoms with Gasteiger partial charge in [-0.15, -0.1) is 0 Å². The topological polar surface area (TPSA) is 75.7 Å². The predicted molar refractivity (Wildman–Crippen MR) is 130 cm³/mol. The molecule has 0 atom stereocenters. The molecule has 0 aliphatic heterocycles. The van der Waals surface area contributed by atoms with Crippen LogP contribution in [-0.4, -0.2) is 27.6 Å². The Kier molecular flexibility index (Phi) is 8.58. The molecule has 16 heteroatoms. The molecular formula is C25H19F9N2O4S. The van der Waals surface area contributed by atoms with Crippen LogP contribution in [0.15, 0.2) is 60.7 Å². The molecule has 0 bridgehead atoms. The Bertz CT molecular complexity index is 1520. The second-order valence-corrected chi connectivity index (χ2v) is 10.7. The van der Waals surface area contributed by atoms with Crippen LogP contribution < -0.4 is 14.4 Å². The Morgan fingerprint density at radius 2 is 1.37 bits per heavy atom. The average molecular weight is 614 g/mol. The average Bonchev–Trinajstić information content (AvgIpc) is 2.85. The van der Waals surface area contributed by atoms with Gasteiger partial charge in [-0.05, 0) is 48.0 Å². The van der Waals surface area contributed by atoms with Crippen LogP contribution in [0, 0.1) is 0 Å². The van der Waals surface area contributed by atoms with Crippen molar-refractivity contribution in [3.05, 3.63) is 88.5 Å². The number of hydrogen-bond acceptors (Lipinski definition) is 4. The van der Waals surface area contributed by atoms with Crippen LogP contribution in [-0.2, 0) is 35.2 Å². The van der Waals surface area contributed by atoms with E-state index in [9.17, 15) is 52.7 Å². The molecule has 0 saturated carbocycles. The Hall–Kier alpha value is -3.95. The van der Waals surface area contributed by atoms with E-state index in [2.05, 4.69) is 5.32 Å². The Morgan fingerprint density at radius 3 is 1.88 bits per heavy atom. The summed E-state index contributed by atoms with van der Waals surface area (Å²) >= 11 is 0. The Morgan fingerprint density at radius 1 is 0.805 bits per heavy atom. The third-order valence-corrected chi connectivity index (χ3v) is 6.74. The maximum atomic E-state index is 13.2. The highest BCUT2D eigenvalue weighted by Gasteiger charge is 2.37. The molecule has 0 unspecified atom stereocenters. The zero-order chi connectivity index (χ0) is 31.0. The lowest BCUT2D eigenvalue weighted by atomic mass is 10.0. The number of rotatable bonds is 7. The SMILES string of the molecule is CN(c1ccc(NC(=O)c2cc(C(F)(F)F)cc(C(F)(F)F)c2)cc1OCc1cccc(C(F)(F)F)c1)S(C)(=O)=O. The Labute approximate surface area is 227 Å². The molecule has 0 heterocycles. The van der Waals surface area contributed by atoms with Crippen LogP contribution in [0.5, 0.6) is 5.75 Å². The normalized spacial score (nSPS) is 12.7. The van der Waals surface area contributed by atoms with Crippen molar-refractivity contribution in [3.63, 3.8) is 0 Å². The number of anilines is 2. The van der Waals surface area contributed by atoms with Crippen molar-refractivity contribution in [2.75, 3.05) is 22.9 Å². The summed E-state index contributed by atoms with van der Waals surface area (Å²) in [6.07, 6.45) is -14.2. The van der Waals surface area contributed by atoms with Gasteiger partial charge in [-0.3, -0.25) is 9.10 Å². The third-order valence-electron chi connectivity index (χ3n) is 5.55. The van der Waals surface area contributed by atoms with E-state index < -0.39 is 63.3 Å². The molecule has 41 heavy (non-hydrogen) atoms. The first-order valence-electron chi connectivity index (χ1n) is 11.1. The lowest BCUT2D eigenvalue weighted by molar-refractivity contribution is -0.143. The number of sulfonamides is 1. The van der Waals surface area contributed by atoms with Gasteiger partial charge in [-0.1, -0.05) is 12.1 Å². The molecular weight excluding hydrogens is 595 g/mol. The van der Waals surface area contributed by atoms with E-state index in [-0.39, 0.29) is 40.9 Å². The summed E-state index contributed by atoms with van der Waals surface area (Å²) in [5.41, 5.74) is -5.71. The number of nitrogens with zero attached hydrogens (tertiary/aromatic N) is 1. The zero-order valence-electron chi connectivity index (χ0n) is 20.9. The molecule has 6 nitrogen and oxygen atoms in total. The maximum Gasteiger partial charge on any atom is 0.416 e. The van der Waals surface area contributed by atoms with Crippen molar-refractivity contribution in [3.8, 4) is 5.75 Å². The second kappa shape index (κ2) is 11.1. The molecule has 0 aromatic heterocycles. The number of halogens is 9. The molecule has 0 saturated heterocycles. The van der Waals surface area contributed by atoms with Gasteiger partial charge in [0.25, 0.3) is 5.91 Å². The molecule has 222 valence electrons. The van der Waals surface area contributed by atoms with E-state index in [4.69, 9.17) is 4.74 Å². The standard InChI is InChI=1S/C25H19F9N2O4S/c1-36(41(2,38)39)20-7-6-19(12-21(20)40-13-14-4-3-5-16(8-14)23(26,27)28)35-22(37)15-9-17(24(29,30)31)11-18(10-15)25(32,33)34/h3-12H,13H2,1-2H3,(H,35,37). The number of amides is 1. The largest absolute Gasteiger partial charge is 0.487 e. The zero-order valence-corrected chi connectivity index (χ0v) is 21.7. The van der Waals surface area contributed by atoms with Crippen molar-refractivity contribution in [1.82, 2.24) is 0 Å². The number of benzene rings is 3. The van der Waals surface area contributed by atoms with Crippen LogP contribution in [0.1, 0.15) is 32.6 Å². The van der Waals surface area contributed by atoms with Gasteiger partial charge >= 0.3 is 18.5 Å². The van der Waals surface area contributed by atoms with Crippen LogP contribution in [0.3, 0.4) is 0 Å². The number of alkyl halides is 9. The van der Waals surface area contributed by atoms with Crippen LogP contribution >= 0.6 is 0 Å². The monoisotopic (exact) mass is 614 g/mol. The fourth-order valence-corrected chi connectivity index (χ4v) is 3.94. The van der Waals surface area contributed by atoms with Gasteiger partial charge < -0.3 is 10.1 Å². The highest BCUT2D eigenvalue weighted by molar-refractivity contribution is 7.92. The van der Waals surface area contributed by atoms with Crippen molar-refractivity contribution >= 4 is 27.3 Å². The molecule has 0 spiro atoms. The van der Waals surface area contributed by atoms with Gasteiger partial charge in [0.15, 0.2) is 0 Å². The van der Waals surface area contributed by atoms with Crippen LogP contribution in [0.25, 0.3) is 0 Å². The number of carbonyl (C=O) groups is 1. The fourth-order valence-electron chi connectivity index (χ4n) is 3.43. The molecule has 0 aliphatic rings. The minimum Gasteiger partial charge on any atom is -0.487 e. The van der Waals surface area contributed by atoms with Gasteiger partial charge in [-0.25, -0.2) is 8.42 Å². The van der Waals surface area contributed by atoms with Crippen molar-refractivity contribution in [2.45, 2.75) is 25.1 Å². The summed E-state index contributed by atoms with van der Waals surface area (Å²) in [5.74, 6) is -1.65. The van der Waals surface area contributed by atoms with E-state index in [0.717, 1.165) is 54.0 Å². The molecule has 3 aromatic rings. The minimum absolute atomic E-state index is 0.0332. The van der Waals surface area contributed by atoms with Crippen LogP contribution in [0.2, 0.25) is 0 Å². The molecule has 0 radical (unpaired) electrons. The first-order chi connectivity index (χ1) is 18.7. The lowest BCUT2D eigenvalue weighted by Gasteiger charge is -2.21.